The minimum atomic E-state index is -0.585. The highest BCUT2D eigenvalue weighted by atomic mass is 32.1. The van der Waals surface area contributed by atoms with Crippen LogP contribution < -0.4 is 0 Å². The number of aryl methyl sites for hydroxylation is 1. The summed E-state index contributed by atoms with van der Waals surface area (Å²) in [6.07, 6.45) is 0. The maximum atomic E-state index is 12.0. The minimum absolute atomic E-state index is 0.246. The fourth-order valence-electron chi connectivity index (χ4n) is 1.98. The van der Waals surface area contributed by atoms with E-state index in [-0.39, 0.29) is 5.97 Å². The molecule has 0 unspecified atom stereocenters. The van der Waals surface area contributed by atoms with Crippen LogP contribution >= 0.6 is 11.3 Å². The molecule has 1 aromatic heterocycles. The number of rotatable bonds is 3. The predicted molar refractivity (Wildman–Crippen MR) is 70.9 cm³/mol. The van der Waals surface area contributed by atoms with Crippen molar-refractivity contribution in [2.75, 3.05) is 26.3 Å². The van der Waals surface area contributed by atoms with Gasteiger partial charge in [0.2, 0.25) is 0 Å². The second-order valence-electron chi connectivity index (χ2n) is 4.92. The number of hydrogen-bond acceptors (Lipinski definition) is 5. The van der Waals surface area contributed by atoms with Crippen LogP contribution in [-0.2, 0) is 9.47 Å². The van der Waals surface area contributed by atoms with Gasteiger partial charge in [-0.05, 0) is 37.8 Å². The lowest BCUT2D eigenvalue weighted by Crippen LogP contribution is -2.52. The van der Waals surface area contributed by atoms with Crippen LogP contribution in [0.3, 0.4) is 0 Å². The van der Waals surface area contributed by atoms with E-state index in [1.807, 2.05) is 32.2 Å². The van der Waals surface area contributed by atoms with Gasteiger partial charge >= 0.3 is 5.97 Å². The van der Waals surface area contributed by atoms with Gasteiger partial charge in [0.25, 0.3) is 0 Å². The first kappa shape index (κ1) is 13.5. The monoisotopic (exact) mass is 269 g/mol. The second kappa shape index (κ2) is 5.38. The van der Waals surface area contributed by atoms with Gasteiger partial charge in [0.15, 0.2) is 5.72 Å². The Bertz CT molecular complexity index is 422. The van der Waals surface area contributed by atoms with Crippen LogP contribution in [0.4, 0.5) is 0 Å². The molecular formula is C13H19NO3S. The lowest BCUT2D eigenvalue weighted by Gasteiger charge is -2.39. The summed E-state index contributed by atoms with van der Waals surface area (Å²) in [6.45, 7) is 8.81. The van der Waals surface area contributed by atoms with Gasteiger partial charge in [-0.1, -0.05) is 0 Å². The number of esters is 1. The van der Waals surface area contributed by atoms with Crippen molar-refractivity contribution in [3.05, 3.63) is 21.9 Å². The van der Waals surface area contributed by atoms with E-state index >= 15 is 0 Å². The highest BCUT2D eigenvalue weighted by molar-refractivity contribution is 7.12. The Morgan fingerprint density at radius 3 is 2.67 bits per heavy atom. The fraction of sp³-hybridized carbons (Fsp3) is 0.615. The first-order valence-corrected chi connectivity index (χ1v) is 6.98. The van der Waals surface area contributed by atoms with Gasteiger partial charge < -0.3 is 9.47 Å². The van der Waals surface area contributed by atoms with E-state index in [9.17, 15) is 4.79 Å². The first-order chi connectivity index (χ1) is 8.49. The molecule has 0 N–H and O–H groups in total. The Hall–Kier alpha value is -0.910. The predicted octanol–water partition coefficient (Wildman–Crippen LogP) is 2.28. The molecule has 0 atom stereocenters. The maximum Gasteiger partial charge on any atom is 0.350 e. The van der Waals surface area contributed by atoms with E-state index in [0.717, 1.165) is 18.7 Å². The van der Waals surface area contributed by atoms with Crippen LogP contribution in [0.15, 0.2) is 11.4 Å². The summed E-state index contributed by atoms with van der Waals surface area (Å²) in [5.41, 5.74) is 0.509. The van der Waals surface area contributed by atoms with Crippen molar-refractivity contribution in [2.45, 2.75) is 26.5 Å². The van der Waals surface area contributed by atoms with Crippen LogP contribution in [-0.4, -0.2) is 42.9 Å². The molecule has 2 rings (SSSR count). The average Bonchev–Trinajstić information content (AvgIpc) is 2.77. The Labute approximate surface area is 111 Å². The molecule has 1 aliphatic heterocycles. The first-order valence-electron chi connectivity index (χ1n) is 6.10. The number of carbonyl (C=O) groups is 1. The van der Waals surface area contributed by atoms with Crippen molar-refractivity contribution in [3.8, 4) is 0 Å². The number of ether oxygens (including phenoxy) is 2. The molecule has 100 valence electrons. The van der Waals surface area contributed by atoms with Crippen LogP contribution in [0.25, 0.3) is 0 Å². The normalized spacial score (nSPS) is 17.7. The lowest BCUT2D eigenvalue weighted by molar-refractivity contribution is -0.124. The molecule has 1 aliphatic rings. The van der Waals surface area contributed by atoms with E-state index in [1.54, 1.807) is 0 Å². The molecule has 0 saturated carbocycles. The third-order valence-electron chi connectivity index (χ3n) is 3.05. The number of hydrogen-bond donors (Lipinski definition) is 0. The molecular weight excluding hydrogens is 250 g/mol. The van der Waals surface area contributed by atoms with Crippen LogP contribution in [0, 0.1) is 6.92 Å². The standard InChI is InChI=1S/C13H19NO3S/c1-10-8-11(18-9-10)12(15)17-13(2,3)14-4-6-16-7-5-14/h8-9H,4-7H2,1-3H3. The van der Waals surface area contributed by atoms with Crippen molar-refractivity contribution >= 4 is 17.3 Å². The molecule has 0 bridgehead atoms. The molecule has 1 saturated heterocycles. The second-order valence-corrected chi connectivity index (χ2v) is 5.84. The molecule has 0 amide bonds. The molecule has 4 nitrogen and oxygen atoms in total. The highest BCUT2D eigenvalue weighted by Gasteiger charge is 2.32. The maximum absolute atomic E-state index is 12.0. The number of thiophene rings is 1. The summed E-state index contributed by atoms with van der Waals surface area (Å²) < 4.78 is 10.9. The summed E-state index contributed by atoms with van der Waals surface area (Å²) in [6, 6.07) is 1.86. The van der Waals surface area contributed by atoms with E-state index in [1.165, 1.54) is 11.3 Å². The van der Waals surface area contributed by atoms with Crippen molar-refractivity contribution in [3.63, 3.8) is 0 Å². The molecule has 0 aliphatic carbocycles. The van der Waals surface area contributed by atoms with Crippen molar-refractivity contribution < 1.29 is 14.3 Å². The summed E-state index contributed by atoms with van der Waals surface area (Å²) >= 11 is 1.43. The third kappa shape index (κ3) is 3.10. The van der Waals surface area contributed by atoms with E-state index < -0.39 is 5.72 Å². The average molecular weight is 269 g/mol. The summed E-state index contributed by atoms with van der Waals surface area (Å²) in [4.78, 5) is 14.8. The zero-order valence-electron chi connectivity index (χ0n) is 11.1. The van der Waals surface area contributed by atoms with Gasteiger partial charge in [-0.15, -0.1) is 11.3 Å². The Morgan fingerprint density at radius 1 is 1.44 bits per heavy atom. The molecule has 1 aromatic rings. The zero-order chi connectivity index (χ0) is 13.2. The number of carbonyl (C=O) groups excluding carboxylic acids is 1. The molecule has 0 spiro atoms. The van der Waals surface area contributed by atoms with Crippen molar-refractivity contribution in [1.82, 2.24) is 4.90 Å². The van der Waals surface area contributed by atoms with Gasteiger partial charge in [-0.2, -0.15) is 0 Å². The Balaban J connectivity index is 2.00. The summed E-state index contributed by atoms with van der Waals surface area (Å²) in [5, 5.41) is 1.96. The van der Waals surface area contributed by atoms with Crippen molar-refractivity contribution in [2.24, 2.45) is 0 Å². The largest absolute Gasteiger partial charge is 0.440 e. The van der Waals surface area contributed by atoms with Crippen LogP contribution in [0.1, 0.15) is 29.1 Å². The van der Waals surface area contributed by atoms with E-state index in [4.69, 9.17) is 9.47 Å². The van der Waals surface area contributed by atoms with E-state index in [2.05, 4.69) is 4.90 Å². The van der Waals surface area contributed by atoms with Crippen molar-refractivity contribution in [1.29, 1.82) is 0 Å². The lowest BCUT2D eigenvalue weighted by atomic mass is 10.2. The topological polar surface area (TPSA) is 38.8 Å². The zero-order valence-corrected chi connectivity index (χ0v) is 11.9. The molecule has 1 fully saturated rings. The Morgan fingerprint density at radius 2 is 2.11 bits per heavy atom. The molecule has 0 radical (unpaired) electrons. The molecule has 2 heterocycles. The van der Waals surface area contributed by atoms with Gasteiger partial charge in [-0.3, -0.25) is 4.90 Å². The Kier molecular flexibility index (Phi) is 4.04. The smallest absolute Gasteiger partial charge is 0.350 e. The van der Waals surface area contributed by atoms with Gasteiger partial charge in [0.05, 0.1) is 13.2 Å². The summed E-state index contributed by atoms with van der Waals surface area (Å²) in [7, 11) is 0. The molecule has 0 aromatic carbocycles. The van der Waals surface area contributed by atoms with Crippen LogP contribution in [0.2, 0.25) is 0 Å². The summed E-state index contributed by atoms with van der Waals surface area (Å²) in [5.74, 6) is -0.246. The number of morpholine rings is 1. The van der Waals surface area contributed by atoms with Gasteiger partial charge in [0, 0.05) is 13.1 Å². The van der Waals surface area contributed by atoms with E-state index in [0.29, 0.717) is 18.1 Å². The molecule has 5 heteroatoms. The highest BCUT2D eigenvalue weighted by Crippen LogP contribution is 2.22. The van der Waals surface area contributed by atoms with Gasteiger partial charge in [0.1, 0.15) is 4.88 Å². The third-order valence-corrected chi connectivity index (χ3v) is 4.07. The molecule has 18 heavy (non-hydrogen) atoms. The minimum Gasteiger partial charge on any atom is -0.440 e. The van der Waals surface area contributed by atoms with Crippen LogP contribution in [0.5, 0.6) is 0 Å². The SMILES string of the molecule is Cc1csc(C(=O)OC(C)(C)N2CCOCC2)c1. The number of nitrogens with zero attached hydrogens (tertiary/aromatic N) is 1. The quantitative estimate of drug-likeness (QED) is 0.789. The fourth-order valence-corrected chi connectivity index (χ4v) is 2.75. The van der Waals surface area contributed by atoms with Gasteiger partial charge in [-0.25, -0.2) is 4.79 Å².